The van der Waals surface area contributed by atoms with E-state index in [1.807, 2.05) is 44.1 Å². The first kappa shape index (κ1) is 13.4. The minimum absolute atomic E-state index is 0.591. The molecule has 2 aromatic rings. The molecule has 3 heterocycles. The third-order valence-electron chi connectivity index (χ3n) is 3.62. The summed E-state index contributed by atoms with van der Waals surface area (Å²) in [5, 5.41) is 0. The summed E-state index contributed by atoms with van der Waals surface area (Å²) in [4.78, 5) is 13.0. The average molecular weight is 282 g/mol. The molecule has 0 aromatic carbocycles. The van der Waals surface area contributed by atoms with Crippen molar-refractivity contribution in [2.75, 3.05) is 30.5 Å². The number of aromatic nitrogens is 2. The number of ether oxygens (including phenoxy) is 1. The van der Waals surface area contributed by atoms with Crippen LogP contribution in [0, 0.1) is 0 Å². The van der Waals surface area contributed by atoms with Gasteiger partial charge in [0, 0.05) is 32.1 Å². The monoisotopic (exact) mass is 282 g/mol. The summed E-state index contributed by atoms with van der Waals surface area (Å²) in [5.74, 6) is 2.39. The van der Waals surface area contributed by atoms with Crippen molar-refractivity contribution in [2.24, 2.45) is 0 Å². The maximum absolute atomic E-state index is 5.58. The Balaban J connectivity index is 2.18. The molecule has 0 amide bonds. The second-order valence-electron chi connectivity index (χ2n) is 4.85. The zero-order chi connectivity index (χ0) is 15.0. The molecule has 0 bridgehead atoms. The molecule has 0 radical (unpaired) electrons. The van der Waals surface area contributed by atoms with E-state index in [4.69, 9.17) is 4.74 Å². The molecule has 0 saturated heterocycles. The molecule has 5 nitrogen and oxygen atoms in total. The van der Waals surface area contributed by atoms with Crippen molar-refractivity contribution in [3.05, 3.63) is 42.7 Å². The van der Waals surface area contributed by atoms with Gasteiger partial charge in [-0.25, -0.2) is 9.97 Å². The van der Waals surface area contributed by atoms with Crippen LogP contribution in [0.15, 0.2) is 37.2 Å². The fourth-order valence-corrected chi connectivity index (χ4v) is 2.63. The fourth-order valence-electron chi connectivity index (χ4n) is 2.63. The van der Waals surface area contributed by atoms with Crippen LogP contribution in [0.1, 0.15) is 12.5 Å². The summed E-state index contributed by atoms with van der Waals surface area (Å²) in [6.45, 7) is 6.57. The Kier molecular flexibility index (Phi) is 3.25. The highest BCUT2D eigenvalue weighted by molar-refractivity contribution is 5.93. The third kappa shape index (κ3) is 2.01. The molecular weight excluding hydrogens is 264 g/mol. The maximum Gasteiger partial charge on any atom is 0.158 e. The Morgan fingerprint density at radius 2 is 1.90 bits per heavy atom. The average Bonchev–Trinajstić information content (AvgIpc) is 2.52. The van der Waals surface area contributed by atoms with Gasteiger partial charge < -0.3 is 14.5 Å². The molecule has 3 rings (SSSR count). The van der Waals surface area contributed by atoms with Crippen LogP contribution in [0.5, 0.6) is 0 Å². The highest BCUT2D eigenvalue weighted by Crippen LogP contribution is 2.46. The van der Waals surface area contributed by atoms with Crippen molar-refractivity contribution in [2.45, 2.75) is 6.92 Å². The molecule has 0 saturated carbocycles. The molecule has 21 heavy (non-hydrogen) atoms. The highest BCUT2D eigenvalue weighted by atomic mass is 16.5. The molecule has 2 aromatic heterocycles. The summed E-state index contributed by atoms with van der Waals surface area (Å²) in [6.07, 6.45) is 3.56. The molecule has 5 heteroatoms. The van der Waals surface area contributed by atoms with E-state index in [-0.39, 0.29) is 0 Å². The van der Waals surface area contributed by atoms with Gasteiger partial charge in [-0.1, -0.05) is 6.58 Å². The van der Waals surface area contributed by atoms with Crippen LogP contribution in [-0.4, -0.2) is 30.7 Å². The molecular formula is C16H18N4O. The summed E-state index contributed by atoms with van der Waals surface area (Å²) in [5.41, 5.74) is 2.97. The van der Waals surface area contributed by atoms with Crippen molar-refractivity contribution in [1.82, 2.24) is 9.97 Å². The van der Waals surface area contributed by atoms with Gasteiger partial charge in [-0.2, -0.15) is 0 Å². The molecule has 1 aliphatic heterocycles. The van der Waals surface area contributed by atoms with Crippen LogP contribution >= 0.6 is 0 Å². The highest BCUT2D eigenvalue weighted by Gasteiger charge is 2.29. The largest absolute Gasteiger partial charge is 0.494 e. The molecule has 0 fully saturated rings. The smallest absolute Gasteiger partial charge is 0.158 e. The van der Waals surface area contributed by atoms with E-state index in [1.54, 1.807) is 12.4 Å². The van der Waals surface area contributed by atoms with E-state index >= 15 is 0 Å². The van der Waals surface area contributed by atoms with Crippen LogP contribution < -0.4 is 9.80 Å². The first-order chi connectivity index (χ1) is 10.1. The topological polar surface area (TPSA) is 41.5 Å². The normalized spacial score (nSPS) is 12.7. The molecule has 1 aliphatic rings. The zero-order valence-corrected chi connectivity index (χ0v) is 12.5. The number of rotatable bonds is 3. The minimum Gasteiger partial charge on any atom is -0.494 e. The molecule has 0 atom stereocenters. The Bertz CT molecular complexity index is 698. The van der Waals surface area contributed by atoms with Crippen molar-refractivity contribution in [3.63, 3.8) is 0 Å². The fraction of sp³-hybridized carbons (Fsp3) is 0.250. The standard InChI is InChI=1S/C16H18N4O/c1-5-21-11(2)12-8-10-18-16-14(12)19(3)13-7-6-9-17-15(13)20(16)4/h6-10H,2,5H2,1,3-4H3. The van der Waals surface area contributed by atoms with Gasteiger partial charge in [0.1, 0.15) is 5.76 Å². The Morgan fingerprint density at radius 1 is 1.14 bits per heavy atom. The lowest BCUT2D eigenvalue weighted by Crippen LogP contribution is -2.27. The number of nitrogens with zero attached hydrogens (tertiary/aromatic N) is 4. The maximum atomic E-state index is 5.58. The van der Waals surface area contributed by atoms with E-state index in [0.29, 0.717) is 12.4 Å². The van der Waals surface area contributed by atoms with Crippen LogP contribution in [0.2, 0.25) is 0 Å². The van der Waals surface area contributed by atoms with Gasteiger partial charge in [-0.15, -0.1) is 0 Å². The van der Waals surface area contributed by atoms with E-state index in [0.717, 1.165) is 28.6 Å². The van der Waals surface area contributed by atoms with Gasteiger partial charge >= 0.3 is 0 Å². The lowest BCUT2D eigenvalue weighted by Gasteiger charge is -2.35. The van der Waals surface area contributed by atoms with Gasteiger partial charge in [0.25, 0.3) is 0 Å². The van der Waals surface area contributed by atoms with Crippen molar-refractivity contribution < 1.29 is 4.74 Å². The quantitative estimate of drug-likeness (QED) is 0.808. The van der Waals surface area contributed by atoms with Gasteiger partial charge in [0.2, 0.25) is 0 Å². The third-order valence-corrected chi connectivity index (χ3v) is 3.62. The SMILES string of the molecule is C=C(OCC)c1ccnc2c1N(C)c1cccnc1N2C. The predicted molar refractivity (Wildman–Crippen MR) is 85.3 cm³/mol. The number of fused-ring (bicyclic) bond motifs is 2. The number of anilines is 4. The Labute approximate surface area is 124 Å². The van der Waals surface area contributed by atoms with Gasteiger partial charge in [-0.3, -0.25) is 0 Å². The minimum atomic E-state index is 0.591. The van der Waals surface area contributed by atoms with Crippen LogP contribution in [0.3, 0.4) is 0 Å². The molecule has 0 unspecified atom stereocenters. The predicted octanol–water partition coefficient (Wildman–Crippen LogP) is 3.33. The molecule has 0 spiro atoms. The van der Waals surface area contributed by atoms with Gasteiger partial charge in [-0.05, 0) is 25.1 Å². The molecule has 0 N–H and O–H groups in total. The Morgan fingerprint density at radius 3 is 2.67 bits per heavy atom. The van der Waals surface area contributed by atoms with Crippen molar-refractivity contribution in [1.29, 1.82) is 0 Å². The molecule has 0 aliphatic carbocycles. The zero-order valence-electron chi connectivity index (χ0n) is 12.5. The Hall–Kier alpha value is -2.56. The molecule has 108 valence electrons. The second kappa shape index (κ2) is 5.09. The van der Waals surface area contributed by atoms with Gasteiger partial charge in [0.05, 0.1) is 18.0 Å². The van der Waals surface area contributed by atoms with E-state index in [9.17, 15) is 0 Å². The first-order valence-electron chi connectivity index (χ1n) is 6.88. The van der Waals surface area contributed by atoms with Crippen molar-refractivity contribution >= 4 is 28.8 Å². The van der Waals surface area contributed by atoms with E-state index in [2.05, 4.69) is 21.4 Å². The lowest BCUT2D eigenvalue weighted by molar-refractivity contribution is 0.299. The van der Waals surface area contributed by atoms with E-state index in [1.165, 1.54) is 0 Å². The van der Waals surface area contributed by atoms with Crippen LogP contribution in [0.4, 0.5) is 23.0 Å². The van der Waals surface area contributed by atoms with Crippen LogP contribution in [-0.2, 0) is 4.74 Å². The van der Waals surface area contributed by atoms with Crippen LogP contribution in [0.25, 0.3) is 5.76 Å². The van der Waals surface area contributed by atoms with Gasteiger partial charge in [0.15, 0.2) is 11.6 Å². The second-order valence-corrected chi connectivity index (χ2v) is 4.85. The first-order valence-corrected chi connectivity index (χ1v) is 6.88. The summed E-state index contributed by atoms with van der Waals surface area (Å²) >= 11 is 0. The summed E-state index contributed by atoms with van der Waals surface area (Å²) in [6, 6.07) is 5.91. The summed E-state index contributed by atoms with van der Waals surface area (Å²) in [7, 11) is 3.98. The summed E-state index contributed by atoms with van der Waals surface area (Å²) < 4.78 is 5.58. The van der Waals surface area contributed by atoms with E-state index < -0.39 is 0 Å². The number of pyridine rings is 2. The number of hydrogen-bond acceptors (Lipinski definition) is 5. The lowest BCUT2D eigenvalue weighted by atomic mass is 10.1. The van der Waals surface area contributed by atoms with Crippen molar-refractivity contribution in [3.8, 4) is 0 Å². The number of hydrogen-bond donors (Lipinski definition) is 0.